The van der Waals surface area contributed by atoms with Crippen LogP contribution in [-0.4, -0.2) is 15.8 Å². The largest absolute Gasteiger partial charge is 0.391 e. The van der Waals surface area contributed by atoms with Crippen molar-refractivity contribution in [3.8, 4) is 6.07 Å². The van der Waals surface area contributed by atoms with E-state index < -0.39 is 0 Å². The molecule has 1 N–H and O–H groups in total. The van der Waals surface area contributed by atoms with E-state index in [4.69, 9.17) is 5.26 Å². The zero-order chi connectivity index (χ0) is 11.4. The number of rotatable bonds is 4. The summed E-state index contributed by atoms with van der Waals surface area (Å²) in [6.07, 6.45) is 7.55. The molecule has 1 aliphatic carbocycles. The van der Waals surface area contributed by atoms with E-state index in [2.05, 4.69) is 6.07 Å². The molecule has 1 heterocycles. The molecule has 1 fully saturated rings. The highest BCUT2D eigenvalue weighted by Crippen LogP contribution is 2.28. The second kappa shape index (κ2) is 5.18. The van der Waals surface area contributed by atoms with Crippen molar-refractivity contribution in [1.82, 2.24) is 4.57 Å². The van der Waals surface area contributed by atoms with E-state index in [0.29, 0.717) is 18.2 Å². The van der Waals surface area contributed by atoms with E-state index in [-0.39, 0.29) is 6.10 Å². The van der Waals surface area contributed by atoms with Gasteiger partial charge in [-0.2, -0.15) is 5.26 Å². The molecule has 86 valence electrons. The molecule has 0 saturated heterocycles. The van der Waals surface area contributed by atoms with Crippen LogP contribution < -0.4 is 0 Å². The minimum Gasteiger partial charge on any atom is -0.391 e. The number of aromatic nitrogens is 1. The molecule has 1 aliphatic rings. The number of hydrogen-bond donors (Lipinski definition) is 1. The van der Waals surface area contributed by atoms with Gasteiger partial charge in [0.1, 0.15) is 11.8 Å². The maximum absolute atomic E-state index is 9.97. The van der Waals surface area contributed by atoms with Crippen molar-refractivity contribution in [2.24, 2.45) is 5.92 Å². The normalized spacial score (nSPS) is 18.5. The first kappa shape index (κ1) is 11.2. The molecule has 1 saturated carbocycles. The molecule has 3 heteroatoms. The Morgan fingerprint density at radius 2 is 2.25 bits per heavy atom. The maximum atomic E-state index is 9.97. The summed E-state index contributed by atoms with van der Waals surface area (Å²) in [6.45, 7) is 0.548. The van der Waals surface area contributed by atoms with Crippen LogP contribution in [0, 0.1) is 17.2 Å². The van der Waals surface area contributed by atoms with Gasteiger partial charge in [0.25, 0.3) is 0 Å². The molecule has 2 rings (SSSR count). The average Bonchev–Trinajstić information content (AvgIpc) is 2.88. The van der Waals surface area contributed by atoms with Gasteiger partial charge in [-0.05, 0) is 24.5 Å². The van der Waals surface area contributed by atoms with Crippen molar-refractivity contribution in [1.29, 1.82) is 5.26 Å². The number of aliphatic hydroxyl groups excluding tert-OH is 1. The Morgan fingerprint density at radius 1 is 1.50 bits per heavy atom. The van der Waals surface area contributed by atoms with Crippen LogP contribution in [0.25, 0.3) is 0 Å². The van der Waals surface area contributed by atoms with Gasteiger partial charge in [0.2, 0.25) is 0 Å². The first-order valence-electron chi connectivity index (χ1n) is 6.03. The molecule has 0 radical (unpaired) electrons. The second-order valence-electron chi connectivity index (χ2n) is 4.70. The number of hydrogen-bond acceptors (Lipinski definition) is 2. The predicted octanol–water partition coefficient (Wildman–Crippen LogP) is 2.30. The third kappa shape index (κ3) is 2.65. The fourth-order valence-electron chi connectivity index (χ4n) is 2.61. The molecule has 1 aromatic heterocycles. The molecule has 3 nitrogen and oxygen atoms in total. The SMILES string of the molecule is N#Cc1cccn1CC(O)CC1CCCC1. The van der Waals surface area contributed by atoms with Gasteiger partial charge in [-0.25, -0.2) is 0 Å². The van der Waals surface area contributed by atoms with Gasteiger partial charge in [-0.15, -0.1) is 0 Å². The zero-order valence-electron chi connectivity index (χ0n) is 9.47. The average molecular weight is 218 g/mol. The van der Waals surface area contributed by atoms with Gasteiger partial charge in [-0.3, -0.25) is 0 Å². The van der Waals surface area contributed by atoms with Gasteiger partial charge >= 0.3 is 0 Å². The summed E-state index contributed by atoms with van der Waals surface area (Å²) in [4.78, 5) is 0. The lowest BCUT2D eigenvalue weighted by molar-refractivity contribution is 0.124. The topological polar surface area (TPSA) is 49.0 Å². The predicted molar refractivity (Wildman–Crippen MR) is 61.7 cm³/mol. The van der Waals surface area contributed by atoms with Crippen molar-refractivity contribution in [2.75, 3.05) is 0 Å². The van der Waals surface area contributed by atoms with Crippen LogP contribution in [0.2, 0.25) is 0 Å². The molecule has 0 aromatic carbocycles. The quantitative estimate of drug-likeness (QED) is 0.843. The van der Waals surface area contributed by atoms with Crippen LogP contribution in [0.15, 0.2) is 18.3 Å². The lowest BCUT2D eigenvalue weighted by Gasteiger charge is -2.16. The highest BCUT2D eigenvalue weighted by molar-refractivity contribution is 5.21. The van der Waals surface area contributed by atoms with E-state index in [0.717, 1.165) is 6.42 Å². The Bertz CT molecular complexity index is 372. The van der Waals surface area contributed by atoms with E-state index in [1.165, 1.54) is 25.7 Å². The van der Waals surface area contributed by atoms with Gasteiger partial charge in [0, 0.05) is 12.7 Å². The van der Waals surface area contributed by atoms with Crippen LogP contribution in [0.3, 0.4) is 0 Å². The van der Waals surface area contributed by atoms with Crippen LogP contribution in [0.5, 0.6) is 0 Å². The van der Waals surface area contributed by atoms with Crippen molar-refractivity contribution >= 4 is 0 Å². The van der Waals surface area contributed by atoms with Gasteiger partial charge in [0.05, 0.1) is 6.10 Å². The zero-order valence-corrected chi connectivity index (χ0v) is 9.47. The van der Waals surface area contributed by atoms with Crippen molar-refractivity contribution < 1.29 is 5.11 Å². The fourth-order valence-corrected chi connectivity index (χ4v) is 2.61. The second-order valence-corrected chi connectivity index (χ2v) is 4.70. The molecule has 0 aliphatic heterocycles. The molecular formula is C13H18N2O. The first-order valence-corrected chi connectivity index (χ1v) is 6.03. The summed E-state index contributed by atoms with van der Waals surface area (Å²) in [5.74, 6) is 0.691. The third-order valence-corrected chi connectivity index (χ3v) is 3.43. The summed E-state index contributed by atoms with van der Waals surface area (Å²) in [7, 11) is 0. The summed E-state index contributed by atoms with van der Waals surface area (Å²) < 4.78 is 1.83. The fraction of sp³-hybridized carbons (Fsp3) is 0.615. The van der Waals surface area contributed by atoms with E-state index in [1.807, 2.05) is 16.8 Å². The Labute approximate surface area is 96.3 Å². The molecule has 1 unspecified atom stereocenters. The molecule has 1 atom stereocenters. The molecule has 0 bridgehead atoms. The number of aliphatic hydroxyl groups is 1. The minimum atomic E-state index is -0.317. The van der Waals surface area contributed by atoms with E-state index in [9.17, 15) is 5.11 Å². The smallest absolute Gasteiger partial charge is 0.120 e. The molecule has 16 heavy (non-hydrogen) atoms. The minimum absolute atomic E-state index is 0.317. The van der Waals surface area contributed by atoms with Crippen LogP contribution in [0.4, 0.5) is 0 Å². The summed E-state index contributed by atoms with van der Waals surface area (Å²) in [5, 5.41) is 18.8. The van der Waals surface area contributed by atoms with Crippen LogP contribution >= 0.6 is 0 Å². The lowest BCUT2D eigenvalue weighted by atomic mass is 10.00. The van der Waals surface area contributed by atoms with Crippen molar-refractivity contribution in [2.45, 2.75) is 44.8 Å². The summed E-state index contributed by atoms with van der Waals surface area (Å²) in [5.41, 5.74) is 0.630. The molecular weight excluding hydrogens is 200 g/mol. The van der Waals surface area contributed by atoms with Crippen LogP contribution in [0.1, 0.15) is 37.8 Å². The Morgan fingerprint density at radius 3 is 2.94 bits per heavy atom. The standard InChI is InChI=1S/C13H18N2O/c14-9-12-6-3-7-15(12)10-13(16)8-11-4-1-2-5-11/h3,6-7,11,13,16H,1-2,4-5,8,10H2. The molecule has 1 aromatic rings. The molecule has 0 spiro atoms. The van der Waals surface area contributed by atoms with E-state index >= 15 is 0 Å². The van der Waals surface area contributed by atoms with E-state index in [1.54, 1.807) is 6.07 Å². The van der Waals surface area contributed by atoms with Gasteiger partial charge in [-0.1, -0.05) is 25.7 Å². The van der Waals surface area contributed by atoms with Gasteiger partial charge < -0.3 is 9.67 Å². The third-order valence-electron chi connectivity index (χ3n) is 3.43. The van der Waals surface area contributed by atoms with Gasteiger partial charge in [0.15, 0.2) is 0 Å². The Kier molecular flexibility index (Phi) is 3.63. The van der Waals surface area contributed by atoms with Crippen LogP contribution in [-0.2, 0) is 6.54 Å². The van der Waals surface area contributed by atoms with Crippen molar-refractivity contribution in [3.05, 3.63) is 24.0 Å². The monoisotopic (exact) mass is 218 g/mol. The maximum Gasteiger partial charge on any atom is 0.120 e. The first-order chi connectivity index (χ1) is 7.79. The van der Waals surface area contributed by atoms with Crippen molar-refractivity contribution in [3.63, 3.8) is 0 Å². The number of nitriles is 1. The Balaban J connectivity index is 1.87. The lowest BCUT2D eigenvalue weighted by Crippen LogP contribution is -2.19. The summed E-state index contributed by atoms with van der Waals surface area (Å²) >= 11 is 0. The Hall–Kier alpha value is -1.27. The molecule has 0 amide bonds. The summed E-state index contributed by atoms with van der Waals surface area (Å²) in [6, 6.07) is 5.75. The number of nitrogens with zero attached hydrogens (tertiary/aromatic N) is 2. The highest BCUT2D eigenvalue weighted by atomic mass is 16.3. The highest BCUT2D eigenvalue weighted by Gasteiger charge is 2.19.